The standard InChI is InChI=1S/C20H22ClN3O2/c1-14-12-16(8-9-17(14)21)26-11-5-10-24-19-7-4-3-6-18(19)23-20(24)13-22-15(2)25/h3-4,6-9,12H,5,10-11,13H2,1-2H3,(H,22,25). The Morgan fingerprint density at radius 1 is 1.27 bits per heavy atom. The predicted octanol–water partition coefficient (Wildman–Crippen LogP) is 4.10. The molecule has 0 radical (unpaired) electrons. The van der Waals surface area contributed by atoms with E-state index in [1.54, 1.807) is 0 Å². The van der Waals surface area contributed by atoms with Gasteiger partial charge in [-0.2, -0.15) is 0 Å². The highest BCUT2D eigenvalue weighted by Crippen LogP contribution is 2.21. The Morgan fingerprint density at radius 2 is 2.08 bits per heavy atom. The minimum Gasteiger partial charge on any atom is -0.494 e. The lowest BCUT2D eigenvalue weighted by molar-refractivity contribution is -0.119. The van der Waals surface area contributed by atoms with Gasteiger partial charge in [-0.05, 0) is 49.2 Å². The van der Waals surface area contributed by atoms with Crippen molar-refractivity contribution in [2.24, 2.45) is 0 Å². The minimum absolute atomic E-state index is 0.0648. The second kappa shape index (κ2) is 8.23. The molecule has 0 spiro atoms. The molecule has 6 heteroatoms. The number of imidazole rings is 1. The van der Waals surface area contributed by atoms with Gasteiger partial charge in [0.1, 0.15) is 11.6 Å². The lowest BCUT2D eigenvalue weighted by atomic mass is 10.2. The van der Waals surface area contributed by atoms with E-state index in [0.717, 1.165) is 46.2 Å². The van der Waals surface area contributed by atoms with Gasteiger partial charge in [-0.3, -0.25) is 4.79 Å². The molecule has 0 saturated heterocycles. The third-order valence-electron chi connectivity index (χ3n) is 4.15. The highest BCUT2D eigenvalue weighted by Gasteiger charge is 2.10. The number of fused-ring (bicyclic) bond motifs is 1. The largest absolute Gasteiger partial charge is 0.494 e. The van der Waals surface area contributed by atoms with E-state index in [2.05, 4.69) is 14.9 Å². The molecule has 0 saturated carbocycles. The van der Waals surface area contributed by atoms with Crippen LogP contribution in [0.4, 0.5) is 0 Å². The van der Waals surface area contributed by atoms with E-state index in [-0.39, 0.29) is 5.91 Å². The highest BCUT2D eigenvalue weighted by molar-refractivity contribution is 6.31. The SMILES string of the molecule is CC(=O)NCc1nc2ccccc2n1CCCOc1ccc(Cl)c(C)c1. The zero-order valence-electron chi connectivity index (χ0n) is 15.0. The number of carbonyl (C=O) groups is 1. The van der Waals surface area contributed by atoms with Crippen molar-refractivity contribution in [3.63, 3.8) is 0 Å². The normalized spacial score (nSPS) is 10.9. The number of para-hydroxylation sites is 2. The Balaban J connectivity index is 1.66. The number of nitrogens with one attached hydrogen (secondary N) is 1. The van der Waals surface area contributed by atoms with E-state index in [9.17, 15) is 4.79 Å². The molecule has 0 bridgehead atoms. The molecule has 2 aromatic carbocycles. The molecular formula is C20H22ClN3O2. The summed E-state index contributed by atoms with van der Waals surface area (Å²) in [7, 11) is 0. The molecule has 1 aromatic heterocycles. The van der Waals surface area contributed by atoms with Crippen molar-refractivity contribution in [3.05, 3.63) is 58.9 Å². The first-order valence-corrected chi connectivity index (χ1v) is 9.00. The van der Waals surface area contributed by atoms with Crippen molar-refractivity contribution in [2.75, 3.05) is 6.61 Å². The lowest BCUT2D eigenvalue weighted by Crippen LogP contribution is -2.22. The smallest absolute Gasteiger partial charge is 0.217 e. The summed E-state index contributed by atoms with van der Waals surface area (Å²) in [6.45, 7) is 5.24. The fraction of sp³-hybridized carbons (Fsp3) is 0.300. The van der Waals surface area contributed by atoms with Gasteiger partial charge in [-0.1, -0.05) is 23.7 Å². The van der Waals surface area contributed by atoms with Crippen LogP contribution in [-0.2, 0) is 17.9 Å². The molecule has 3 rings (SSSR count). The molecule has 0 fully saturated rings. The number of benzene rings is 2. The maximum absolute atomic E-state index is 11.2. The van der Waals surface area contributed by atoms with E-state index in [1.807, 2.05) is 49.4 Å². The third-order valence-corrected chi connectivity index (χ3v) is 4.58. The number of carbonyl (C=O) groups excluding carboxylic acids is 1. The molecule has 0 aliphatic carbocycles. The summed E-state index contributed by atoms with van der Waals surface area (Å²) in [5, 5.41) is 3.57. The van der Waals surface area contributed by atoms with E-state index in [1.165, 1.54) is 6.92 Å². The average molecular weight is 372 g/mol. The van der Waals surface area contributed by atoms with Gasteiger partial charge in [0.2, 0.25) is 5.91 Å². The van der Waals surface area contributed by atoms with Gasteiger partial charge in [0.25, 0.3) is 0 Å². The summed E-state index contributed by atoms with van der Waals surface area (Å²) < 4.78 is 7.97. The Labute approximate surface area is 157 Å². The molecule has 3 aromatic rings. The number of nitrogens with zero attached hydrogens (tertiary/aromatic N) is 2. The van der Waals surface area contributed by atoms with Crippen LogP contribution >= 0.6 is 11.6 Å². The summed E-state index contributed by atoms with van der Waals surface area (Å²) in [6, 6.07) is 13.7. The van der Waals surface area contributed by atoms with Crippen LogP contribution in [0.5, 0.6) is 5.75 Å². The molecule has 0 atom stereocenters. The zero-order chi connectivity index (χ0) is 18.5. The van der Waals surface area contributed by atoms with Gasteiger partial charge < -0.3 is 14.6 Å². The molecule has 0 aliphatic rings. The fourth-order valence-electron chi connectivity index (χ4n) is 2.83. The van der Waals surface area contributed by atoms with Crippen molar-refractivity contribution in [1.29, 1.82) is 0 Å². The average Bonchev–Trinajstić information content (AvgIpc) is 2.97. The predicted molar refractivity (Wildman–Crippen MR) is 104 cm³/mol. The third kappa shape index (κ3) is 4.35. The number of hydrogen-bond acceptors (Lipinski definition) is 3. The number of amides is 1. The zero-order valence-corrected chi connectivity index (χ0v) is 15.7. The number of aromatic nitrogens is 2. The van der Waals surface area contributed by atoms with Crippen molar-refractivity contribution in [2.45, 2.75) is 33.4 Å². The quantitative estimate of drug-likeness (QED) is 0.636. The topological polar surface area (TPSA) is 56.2 Å². The van der Waals surface area contributed by atoms with Crippen LogP contribution in [0.2, 0.25) is 5.02 Å². The Hall–Kier alpha value is -2.53. The van der Waals surface area contributed by atoms with Crippen LogP contribution in [0.1, 0.15) is 24.7 Å². The molecule has 1 amide bonds. The molecule has 26 heavy (non-hydrogen) atoms. The van der Waals surface area contributed by atoms with Gasteiger partial charge in [-0.25, -0.2) is 4.98 Å². The Bertz CT molecular complexity index is 921. The summed E-state index contributed by atoms with van der Waals surface area (Å²) in [6.07, 6.45) is 0.828. The van der Waals surface area contributed by atoms with Crippen LogP contribution in [0, 0.1) is 6.92 Å². The van der Waals surface area contributed by atoms with E-state index < -0.39 is 0 Å². The maximum atomic E-state index is 11.2. The summed E-state index contributed by atoms with van der Waals surface area (Å²) in [4.78, 5) is 15.9. The number of hydrogen-bond donors (Lipinski definition) is 1. The van der Waals surface area contributed by atoms with Gasteiger partial charge in [0.15, 0.2) is 0 Å². The first-order chi connectivity index (χ1) is 12.5. The van der Waals surface area contributed by atoms with Gasteiger partial charge in [0.05, 0.1) is 24.2 Å². The Morgan fingerprint density at radius 3 is 2.85 bits per heavy atom. The molecule has 136 valence electrons. The first-order valence-electron chi connectivity index (χ1n) is 8.62. The minimum atomic E-state index is -0.0648. The molecule has 0 aliphatic heterocycles. The number of ether oxygens (including phenoxy) is 1. The molecule has 0 unspecified atom stereocenters. The van der Waals surface area contributed by atoms with Crippen LogP contribution in [0.25, 0.3) is 11.0 Å². The van der Waals surface area contributed by atoms with E-state index >= 15 is 0 Å². The Kier molecular flexibility index (Phi) is 5.78. The van der Waals surface area contributed by atoms with Crippen molar-refractivity contribution in [3.8, 4) is 5.75 Å². The summed E-state index contributed by atoms with van der Waals surface area (Å²) in [5.41, 5.74) is 3.00. The second-order valence-corrected chi connectivity index (χ2v) is 6.60. The maximum Gasteiger partial charge on any atom is 0.217 e. The molecule has 1 N–H and O–H groups in total. The molecule has 5 nitrogen and oxygen atoms in total. The number of rotatable bonds is 7. The highest BCUT2D eigenvalue weighted by atomic mass is 35.5. The summed E-state index contributed by atoms with van der Waals surface area (Å²) >= 11 is 6.04. The number of halogens is 1. The van der Waals surface area contributed by atoms with Gasteiger partial charge in [0, 0.05) is 18.5 Å². The van der Waals surface area contributed by atoms with Crippen molar-refractivity contribution < 1.29 is 9.53 Å². The van der Waals surface area contributed by atoms with E-state index in [0.29, 0.717) is 13.2 Å². The number of aryl methyl sites for hydroxylation is 2. The van der Waals surface area contributed by atoms with Gasteiger partial charge in [-0.15, -0.1) is 0 Å². The monoisotopic (exact) mass is 371 g/mol. The molecular weight excluding hydrogens is 350 g/mol. The van der Waals surface area contributed by atoms with Crippen LogP contribution in [0.15, 0.2) is 42.5 Å². The summed E-state index contributed by atoms with van der Waals surface area (Å²) in [5.74, 6) is 1.61. The fourth-order valence-corrected chi connectivity index (χ4v) is 2.95. The van der Waals surface area contributed by atoms with Crippen molar-refractivity contribution in [1.82, 2.24) is 14.9 Å². The second-order valence-electron chi connectivity index (χ2n) is 6.19. The van der Waals surface area contributed by atoms with Crippen LogP contribution in [0.3, 0.4) is 0 Å². The van der Waals surface area contributed by atoms with E-state index in [4.69, 9.17) is 16.3 Å². The lowest BCUT2D eigenvalue weighted by Gasteiger charge is -2.11. The van der Waals surface area contributed by atoms with Crippen LogP contribution in [-0.4, -0.2) is 22.1 Å². The molecule has 1 heterocycles. The van der Waals surface area contributed by atoms with Gasteiger partial charge >= 0.3 is 0 Å². The first kappa shape index (κ1) is 18.3. The van der Waals surface area contributed by atoms with Crippen LogP contribution < -0.4 is 10.1 Å². The van der Waals surface area contributed by atoms with Crippen molar-refractivity contribution >= 4 is 28.5 Å².